The summed E-state index contributed by atoms with van der Waals surface area (Å²) < 4.78 is 10.5. The SMILES string of the molecule is COc1ccccc1NC(=O)[C@@H](C)N[C@H](C)c1ccco1. The van der Waals surface area contributed by atoms with E-state index in [4.69, 9.17) is 9.15 Å². The summed E-state index contributed by atoms with van der Waals surface area (Å²) in [5.74, 6) is 1.31. The van der Waals surface area contributed by atoms with E-state index in [9.17, 15) is 4.79 Å². The molecule has 5 heteroatoms. The molecule has 0 spiro atoms. The summed E-state index contributed by atoms with van der Waals surface area (Å²) in [5.41, 5.74) is 0.657. The maximum absolute atomic E-state index is 12.2. The smallest absolute Gasteiger partial charge is 0.241 e. The number of benzene rings is 1. The quantitative estimate of drug-likeness (QED) is 0.857. The molecular formula is C16H20N2O3. The van der Waals surface area contributed by atoms with Crippen molar-refractivity contribution in [2.24, 2.45) is 0 Å². The highest BCUT2D eigenvalue weighted by Crippen LogP contribution is 2.23. The average molecular weight is 288 g/mol. The zero-order valence-electron chi connectivity index (χ0n) is 12.4. The molecule has 0 aliphatic heterocycles. The van der Waals surface area contributed by atoms with E-state index < -0.39 is 0 Å². The minimum absolute atomic E-state index is 0.0431. The molecule has 2 atom stereocenters. The monoisotopic (exact) mass is 288 g/mol. The summed E-state index contributed by atoms with van der Waals surface area (Å²) in [6.45, 7) is 3.76. The summed E-state index contributed by atoms with van der Waals surface area (Å²) in [7, 11) is 1.58. The molecule has 2 rings (SSSR count). The van der Waals surface area contributed by atoms with E-state index in [0.717, 1.165) is 5.76 Å². The Labute approximate surface area is 124 Å². The molecule has 0 saturated heterocycles. The van der Waals surface area contributed by atoms with Crippen molar-refractivity contribution in [3.8, 4) is 5.75 Å². The third-order valence-electron chi connectivity index (χ3n) is 3.23. The zero-order valence-corrected chi connectivity index (χ0v) is 12.4. The Kier molecular flexibility index (Phi) is 5.00. The second-order valence-electron chi connectivity index (χ2n) is 4.81. The van der Waals surface area contributed by atoms with Gasteiger partial charge in [0.05, 0.1) is 31.1 Å². The Morgan fingerprint density at radius 2 is 1.95 bits per heavy atom. The molecule has 0 saturated carbocycles. The first-order valence-electron chi connectivity index (χ1n) is 6.85. The third kappa shape index (κ3) is 3.86. The second-order valence-corrected chi connectivity index (χ2v) is 4.81. The minimum atomic E-state index is -0.366. The molecule has 1 heterocycles. The zero-order chi connectivity index (χ0) is 15.2. The highest BCUT2D eigenvalue weighted by molar-refractivity contribution is 5.95. The number of furan rings is 1. The van der Waals surface area contributed by atoms with Gasteiger partial charge in [-0.1, -0.05) is 12.1 Å². The van der Waals surface area contributed by atoms with Crippen molar-refractivity contribution < 1.29 is 13.9 Å². The maximum Gasteiger partial charge on any atom is 0.241 e. The van der Waals surface area contributed by atoms with E-state index in [-0.39, 0.29) is 18.0 Å². The number of anilines is 1. The van der Waals surface area contributed by atoms with Crippen LogP contribution in [-0.2, 0) is 4.79 Å². The first-order chi connectivity index (χ1) is 10.1. The number of nitrogens with one attached hydrogen (secondary N) is 2. The Morgan fingerprint density at radius 1 is 1.19 bits per heavy atom. The topological polar surface area (TPSA) is 63.5 Å². The van der Waals surface area contributed by atoms with Crippen LogP contribution in [0.4, 0.5) is 5.69 Å². The van der Waals surface area contributed by atoms with Crippen molar-refractivity contribution in [3.63, 3.8) is 0 Å². The van der Waals surface area contributed by atoms with E-state index in [1.165, 1.54) is 0 Å². The first-order valence-corrected chi connectivity index (χ1v) is 6.85. The molecule has 21 heavy (non-hydrogen) atoms. The molecule has 0 radical (unpaired) electrons. The summed E-state index contributed by atoms with van der Waals surface area (Å²) in [5, 5.41) is 6.05. The number of para-hydroxylation sites is 2. The average Bonchev–Trinajstić information content (AvgIpc) is 3.02. The summed E-state index contributed by atoms with van der Waals surface area (Å²) in [6, 6.07) is 10.6. The molecule has 0 unspecified atom stereocenters. The van der Waals surface area contributed by atoms with Gasteiger partial charge in [-0.05, 0) is 38.1 Å². The van der Waals surface area contributed by atoms with Crippen LogP contribution in [0.5, 0.6) is 5.75 Å². The van der Waals surface area contributed by atoms with Gasteiger partial charge in [0, 0.05) is 0 Å². The lowest BCUT2D eigenvalue weighted by atomic mass is 10.2. The molecule has 0 aliphatic rings. The predicted octanol–water partition coefficient (Wildman–Crippen LogP) is 2.97. The molecule has 1 aromatic carbocycles. The van der Waals surface area contributed by atoms with E-state index in [1.807, 2.05) is 38.1 Å². The molecule has 2 aromatic rings. The highest BCUT2D eigenvalue weighted by Gasteiger charge is 2.18. The molecule has 0 bridgehead atoms. The Balaban J connectivity index is 1.96. The lowest BCUT2D eigenvalue weighted by Crippen LogP contribution is -2.39. The van der Waals surface area contributed by atoms with Gasteiger partial charge in [-0.2, -0.15) is 0 Å². The fourth-order valence-electron chi connectivity index (χ4n) is 2.06. The van der Waals surface area contributed by atoms with E-state index in [2.05, 4.69) is 10.6 Å². The van der Waals surface area contributed by atoms with Gasteiger partial charge in [-0.3, -0.25) is 10.1 Å². The van der Waals surface area contributed by atoms with Gasteiger partial charge in [-0.15, -0.1) is 0 Å². The van der Waals surface area contributed by atoms with Gasteiger partial charge in [-0.25, -0.2) is 0 Å². The number of rotatable bonds is 6. The van der Waals surface area contributed by atoms with Crippen molar-refractivity contribution in [3.05, 3.63) is 48.4 Å². The molecule has 2 N–H and O–H groups in total. The Bertz CT molecular complexity index is 581. The lowest BCUT2D eigenvalue weighted by molar-refractivity contribution is -0.118. The van der Waals surface area contributed by atoms with E-state index in [0.29, 0.717) is 11.4 Å². The first kappa shape index (κ1) is 15.1. The van der Waals surface area contributed by atoms with Crippen molar-refractivity contribution in [2.45, 2.75) is 25.9 Å². The number of methoxy groups -OCH3 is 1. The Hall–Kier alpha value is -2.27. The fourth-order valence-corrected chi connectivity index (χ4v) is 2.06. The predicted molar refractivity (Wildman–Crippen MR) is 81.3 cm³/mol. The molecule has 1 amide bonds. The number of hydrogen-bond donors (Lipinski definition) is 2. The number of carbonyl (C=O) groups is 1. The summed E-state index contributed by atoms with van der Waals surface area (Å²) >= 11 is 0. The van der Waals surface area contributed by atoms with E-state index >= 15 is 0 Å². The number of ether oxygens (including phenoxy) is 1. The molecule has 1 aromatic heterocycles. The van der Waals surface area contributed by atoms with Crippen molar-refractivity contribution in [1.82, 2.24) is 5.32 Å². The van der Waals surface area contributed by atoms with Crippen LogP contribution in [0.2, 0.25) is 0 Å². The van der Waals surface area contributed by atoms with Gasteiger partial charge >= 0.3 is 0 Å². The van der Waals surface area contributed by atoms with Gasteiger partial charge in [0.2, 0.25) is 5.91 Å². The van der Waals surface area contributed by atoms with Crippen molar-refractivity contribution >= 4 is 11.6 Å². The van der Waals surface area contributed by atoms with E-state index in [1.54, 1.807) is 25.5 Å². The fraction of sp³-hybridized carbons (Fsp3) is 0.312. The van der Waals surface area contributed by atoms with Crippen LogP contribution in [0.25, 0.3) is 0 Å². The Morgan fingerprint density at radius 3 is 2.62 bits per heavy atom. The standard InChI is InChI=1S/C16H20N2O3/c1-11(14-9-6-10-21-14)17-12(2)16(19)18-13-7-4-5-8-15(13)20-3/h4-12,17H,1-3H3,(H,18,19)/t11-,12-/m1/s1. The molecule has 0 aliphatic carbocycles. The van der Waals surface area contributed by atoms with Gasteiger partial charge < -0.3 is 14.5 Å². The second kappa shape index (κ2) is 6.95. The number of carbonyl (C=O) groups excluding carboxylic acids is 1. The maximum atomic E-state index is 12.2. The van der Waals surface area contributed by atoms with Crippen molar-refractivity contribution in [1.29, 1.82) is 0 Å². The number of amides is 1. The van der Waals surface area contributed by atoms with Crippen LogP contribution >= 0.6 is 0 Å². The highest BCUT2D eigenvalue weighted by atomic mass is 16.5. The third-order valence-corrected chi connectivity index (χ3v) is 3.23. The molecule has 5 nitrogen and oxygen atoms in total. The largest absolute Gasteiger partial charge is 0.495 e. The number of hydrogen-bond acceptors (Lipinski definition) is 4. The molecule has 0 fully saturated rings. The van der Waals surface area contributed by atoms with Crippen molar-refractivity contribution in [2.75, 3.05) is 12.4 Å². The van der Waals surface area contributed by atoms with Crippen LogP contribution in [-0.4, -0.2) is 19.1 Å². The van der Waals surface area contributed by atoms with Crippen LogP contribution in [0.3, 0.4) is 0 Å². The van der Waals surface area contributed by atoms with Gasteiger partial charge in [0.1, 0.15) is 11.5 Å². The van der Waals surface area contributed by atoms with Crippen LogP contribution in [0, 0.1) is 0 Å². The van der Waals surface area contributed by atoms with Crippen LogP contribution in [0.1, 0.15) is 25.6 Å². The molecular weight excluding hydrogens is 268 g/mol. The van der Waals surface area contributed by atoms with Crippen LogP contribution in [0.15, 0.2) is 47.1 Å². The van der Waals surface area contributed by atoms with Crippen LogP contribution < -0.4 is 15.4 Å². The van der Waals surface area contributed by atoms with Gasteiger partial charge in [0.15, 0.2) is 0 Å². The summed E-state index contributed by atoms with van der Waals surface area (Å²) in [6.07, 6.45) is 1.62. The molecule has 112 valence electrons. The minimum Gasteiger partial charge on any atom is -0.495 e. The summed E-state index contributed by atoms with van der Waals surface area (Å²) in [4.78, 5) is 12.2. The van der Waals surface area contributed by atoms with Gasteiger partial charge in [0.25, 0.3) is 0 Å². The normalized spacial score (nSPS) is 13.5. The lowest BCUT2D eigenvalue weighted by Gasteiger charge is -2.19.